The summed E-state index contributed by atoms with van der Waals surface area (Å²) in [5.74, 6) is 0.377. The Labute approximate surface area is 176 Å². The molecule has 1 saturated carbocycles. The van der Waals surface area contributed by atoms with Crippen LogP contribution in [0.15, 0.2) is 24.3 Å². The molecule has 0 aromatic heterocycles. The average Bonchev–Trinajstić information content (AvgIpc) is 2.73. The van der Waals surface area contributed by atoms with Gasteiger partial charge in [0.05, 0.1) is 5.60 Å². The van der Waals surface area contributed by atoms with Crippen molar-refractivity contribution in [2.24, 2.45) is 11.8 Å². The number of rotatable bonds is 6. The summed E-state index contributed by atoms with van der Waals surface area (Å²) in [6, 6.07) is 6.91. The van der Waals surface area contributed by atoms with E-state index in [0.717, 1.165) is 31.5 Å². The lowest BCUT2D eigenvalue weighted by atomic mass is 9.65. The Morgan fingerprint density at radius 3 is 1.90 bits per heavy atom. The maximum atomic E-state index is 13.9. The first-order chi connectivity index (χ1) is 14.1. The highest BCUT2D eigenvalue weighted by atomic mass is 19.1. The van der Waals surface area contributed by atoms with Crippen LogP contribution in [0.3, 0.4) is 0 Å². The SMILES string of the molecule is OC1(Cc2cccc(F)c2)C(CN2CCCCC2)CCCC1CN1CCCCC1. The minimum Gasteiger partial charge on any atom is -0.389 e. The number of aliphatic hydroxyl groups is 1. The number of nitrogens with zero attached hydrogens (tertiary/aromatic N) is 2. The summed E-state index contributed by atoms with van der Waals surface area (Å²) in [6.45, 7) is 6.68. The molecule has 2 saturated heterocycles. The molecule has 0 radical (unpaired) electrons. The van der Waals surface area contributed by atoms with Crippen LogP contribution >= 0.6 is 0 Å². The molecule has 3 aliphatic rings. The molecule has 0 spiro atoms. The first-order valence-electron chi connectivity index (χ1n) is 12.0. The topological polar surface area (TPSA) is 26.7 Å². The molecule has 2 heterocycles. The van der Waals surface area contributed by atoms with Gasteiger partial charge < -0.3 is 14.9 Å². The van der Waals surface area contributed by atoms with Gasteiger partial charge in [0.15, 0.2) is 0 Å². The van der Waals surface area contributed by atoms with Crippen LogP contribution in [0.25, 0.3) is 0 Å². The van der Waals surface area contributed by atoms with Crippen molar-refractivity contribution in [3.8, 4) is 0 Å². The summed E-state index contributed by atoms with van der Waals surface area (Å²) < 4.78 is 13.9. The van der Waals surface area contributed by atoms with E-state index in [2.05, 4.69) is 9.80 Å². The Kier molecular flexibility index (Phi) is 7.25. The molecule has 4 heteroatoms. The fourth-order valence-electron chi connectivity index (χ4n) is 6.11. The van der Waals surface area contributed by atoms with Crippen LogP contribution in [-0.4, -0.2) is 59.8 Å². The average molecular weight is 403 g/mol. The predicted octanol–water partition coefficient (Wildman–Crippen LogP) is 4.49. The van der Waals surface area contributed by atoms with Gasteiger partial charge in [0.2, 0.25) is 0 Å². The largest absolute Gasteiger partial charge is 0.389 e. The van der Waals surface area contributed by atoms with Gasteiger partial charge in [-0.2, -0.15) is 0 Å². The molecule has 2 unspecified atom stereocenters. The zero-order valence-corrected chi connectivity index (χ0v) is 18.0. The quantitative estimate of drug-likeness (QED) is 0.760. The van der Waals surface area contributed by atoms with E-state index in [1.54, 1.807) is 12.1 Å². The van der Waals surface area contributed by atoms with Crippen molar-refractivity contribution in [1.82, 2.24) is 9.80 Å². The van der Waals surface area contributed by atoms with Crippen LogP contribution in [0.2, 0.25) is 0 Å². The molecular weight excluding hydrogens is 363 g/mol. The van der Waals surface area contributed by atoms with Crippen molar-refractivity contribution < 1.29 is 9.50 Å². The Bertz CT molecular complexity index is 611. The summed E-state index contributed by atoms with van der Waals surface area (Å²) in [5, 5.41) is 12.2. The first kappa shape index (κ1) is 21.3. The number of hydrogen-bond acceptors (Lipinski definition) is 3. The van der Waals surface area contributed by atoms with E-state index in [0.29, 0.717) is 6.42 Å². The fraction of sp³-hybridized carbons (Fsp3) is 0.760. The van der Waals surface area contributed by atoms with E-state index in [9.17, 15) is 9.50 Å². The minimum atomic E-state index is -0.735. The van der Waals surface area contributed by atoms with Gasteiger partial charge >= 0.3 is 0 Å². The van der Waals surface area contributed by atoms with Crippen LogP contribution in [0.4, 0.5) is 4.39 Å². The van der Waals surface area contributed by atoms with E-state index in [-0.39, 0.29) is 17.7 Å². The third kappa shape index (κ3) is 5.39. The molecule has 2 atom stereocenters. The number of likely N-dealkylation sites (tertiary alicyclic amines) is 2. The third-order valence-electron chi connectivity index (χ3n) is 7.75. The maximum Gasteiger partial charge on any atom is 0.123 e. The second-order valence-electron chi connectivity index (χ2n) is 9.85. The Hall–Kier alpha value is -0.970. The van der Waals surface area contributed by atoms with Crippen LogP contribution < -0.4 is 0 Å². The first-order valence-corrected chi connectivity index (χ1v) is 12.0. The summed E-state index contributed by atoms with van der Waals surface area (Å²) in [6.07, 6.45) is 11.8. The van der Waals surface area contributed by atoms with Crippen molar-refractivity contribution in [2.75, 3.05) is 39.3 Å². The molecule has 1 aromatic carbocycles. The Morgan fingerprint density at radius 1 is 0.828 bits per heavy atom. The van der Waals surface area contributed by atoms with Gasteiger partial charge in [-0.1, -0.05) is 31.4 Å². The molecule has 4 rings (SSSR count). The third-order valence-corrected chi connectivity index (χ3v) is 7.75. The Balaban J connectivity index is 1.54. The van der Waals surface area contributed by atoms with E-state index in [1.165, 1.54) is 77.2 Å². The van der Waals surface area contributed by atoms with E-state index in [1.807, 2.05) is 6.07 Å². The predicted molar refractivity (Wildman–Crippen MR) is 116 cm³/mol. The van der Waals surface area contributed by atoms with Crippen LogP contribution in [0.5, 0.6) is 0 Å². The fourth-order valence-corrected chi connectivity index (χ4v) is 6.11. The van der Waals surface area contributed by atoms with Gasteiger partial charge in [-0.25, -0.2) is 4.39 Å². The van der Waals surface area contributed by atoms with Crippen molar-refractivity contribution >= 4 is 0 Å². The number of benzene rings is 1. The summed E-state index contributed by atoms with van der Waals surface area (Å²) in [5.41, 5.74) is 0.211. The van der Waals surface area contributed by atoms with Gasteiger partial charge in [0.25, 0.3) is 0 Å². The van der Waals surface area contributed by atoms with Gasteiger partial charge in [0, 0.05) is 31.3 Å². The van der Waals surface area contributed by atoms with Crippen LogP contribution in [-0.2, 0) is 6.42 Å². The van der Waals surface area contributed by atoms with Crippen molar-refractivity contribution in [3.63, 3.8) is 0 Å². The number of hydrogen-bond donors (Lipinski definition) is 1. The second kappa shape index (κ2) is 9.89. The molecule has 0 amide bonds. The van der Waals surface area contributed by atoms with Crippen molar-refractivity contribution in [3.05, 3.63) is 35.6 Å². The molecule has 162 valence electrons. The Morgan fingerprint density at radius 2 is 1.38 bits per heavy atom. The number of piperidine rings is 2. The summed E-state index contributed by atoms with van der Waals surface area (Å²) in [7, 11) is 0. The van der Waals surface area contributed by atoms with Gasteiger partial charge in [-0.15, -0.1) is 0 Å². The molecule has 2 aliphatic heterocycles. The van der Waals surface area contributed by atoms with E-state index < -0.39 is 5.60 Å². The summed E-state index contributed by atoms with van der Waals surface area (Å²) >= 11 is 0. The smallest absolute Gasteiger partial charge is 0.123 e. The molecule has 0 bridgehead atoms. The van der Waals surface area contributed by atoms with Crippen LogP contribution in [0.1, 0.15) is 63.4 Å². The number of halogens is 1. The van der Waals surface area contributed by atoms with Crippen molar-refractivity contribution in [2.45, 2.75) is 69.8 Å². The standard InChI is InChI=1S/C25H39FN2O/c26-24-12-7-9-21(17-24)18-25(29)22(19-27-13-3-1-4-14-27)10-8-11-23(25)20-28-15-5-2-6-16-28/h7,9,12,17,22-23,29H,1-6,8,10-11,13-16,18-20H2. The lowest BCUT2D eigenvalue weighted by Crippen LogP contribution is -2.56. The van der Waals surface area contributed by atoms with Gasteiger partial charge in [0.1, 0.15) is 5.82 Å². The zero-order chi connectivity index (χ0) is 20.1. The van der Waals surface area contributed by atoms with E-state index in [4.69, 9.17) is 0 Å². The molecular formula is C25H39FN2O. The lowest BCUT2D eigenvalue weighted by Gasteiger charge is -2.49. The minimum absolute atomic E-state index is 0.193. The summed E-state index contributed by atoms with van der Waals surface area (Å²) in [4.78, 5) is 5.15. The highest BCUT2D eigenvalue weighted by Crippen LogP contribution is 2.42. The van der Waals surface area contributed by atoms with Crippen molar-refractivity contribution in [1.29, 1.82) is 0 Å². The highest BCUT2D eigenvalue weighted by molar-refractivity contribution is 5.20. The molecule has 1 N–H and O–H groups in total. The van der Waals surface area contributed by atoms with E-state index >= 15 is 0 Å². The molecule has 3 nitrogen and oxygen atoms in total. The van der Waals surface area contributed by atoms with Crippen LogP contribution in [0, 0.1) is 17.7 Å². The maximum absolute atomic E-state index is 13.9. The highest BCUT2D eigenvalue weighted by Gasteiger charge is 2.47. The normalized spacial score (nSPS) is 32.3. The molecule has 1 aromatic rings. The molecule has 1 aliphatic carbocycles. The van der Waals surface area contributed by atoms with Gasteiger partial charge in [-0.05, 0) is 82.4 Å². The van der Waals surface area contributed by atoms with Gasteiger partial charge in [-0.3, -0.25) is 0 Å². The monoisotopic (exact) mass is 402 g/mol. The lowest BCUT2D eigenvalue weighted by molar-refractivity contribution is -0.112. The zero-order valence-electron chi connectivity index (χ0n) is 18.0. The second-order valence-corrected chi connectivity index (χ2v) is 9.85. The molecule has 29 heavy (non-hydrogen) atoms. The molecule has 3 fully saturated rings.